The summed E-state index contributed by atoms with van der Waals surface area (Å²) < 4.78 is 5.34. The van der Waals surface area contributed by atoms with Crippen molar-refractivity contribution in [3.05, 3.63) is 11.5 Å². The highest BCUT2D eigenvalue weighted by Gasteiger charge is 2.42. The Morgan fingerprint density at radius 3 is 2.80 bits per heavy atom. The molecule has 0 aromatic carbocycles. The fourth-order valence-electron chi connectivity index (χ4n) is 3.49. The number of H-pyrrole nitrogens is 1. The van der Waals surface area contributed by atoms with Gasteiger partial charge in [-0.1, -0.05) is 6.42 Å². The molecule has 0 amide bonds. The summed E-state index contributed by atoms with van der Waals surface area (Å²) in [7, 11) is 1.71. The summed E-state index contributed by atoms with van der Waals surface area (Å²) in [5.41, 5.74) is 1.25. The molecule has 1 heterocycles. The zero-order valence-electron chi connectivity index (χ0n) is 9.42. The van der Waals surface area contributed by atoms with Crippen molar-refractivity contribution in [3.63, 3.8) is 0 Å². The third kappa shape index (κ3) is 1.36. The standard InChI is InChI=1S/C12H18N2O/c1-7-13-11(12(14-7)15-2)10-6-8-3-4-9(10)5-8/h8-10H,3-6H2,1-2H3,(H,13,14). The van der Waals surface area contributed by atoms with Gasteiger partial charge in [-0.2, -0.15) is 4.98 Å². The average Bonchev–Trinajstić information content (AvgIpc) is 2.90. The Morgan fingerprint density at radius 1 is 1.33 bits per heavy atom. The molecular formula is C12H18N2O. The number of methoxy groups -OCH3 is 1. The predicted octanol–water partition coefficient (Wildman–Crippen LogP) is 2.63. The van der Waals surface area contributed by atoms with Gasteiger partial charge in [0.2, 0.25) is 5.88 Å². The fourth-order valence-corrected chi connectivity index (χ4v) is 3.49. The molecule has 2 aliphatic carbocycles. The zero-order chi connectivity index (χ0) is 10.4. The van der Waals surface area contributed by atoms with Crippen LogP contribution in [0.5, 0.6) is 5.88 Å². The normalized spacial score (nSPS) is 33.6. The molecule has 3 heteroatoms. The van der Waals surface area contributed by atoms with E-state index in [-0.39, 0.29) is 0 Å². The van der Waals surface area contributed by atoms with Gasteiger partial charge in [0.25, 0.3) is 0 Å². The molecule has 3 unspecified atom stereocenters. The molecule has 1 aromatic heterocycles. The molecule has 0 aliphatic heterocycles. The molecule has 0 spiro atoms. The maximum Gasteiger partial charge on any atom is 0.235 e. The van der Waals surface area contributed by atoms with Gasteiger partial charge in [0.1, 0.15) is 5.82 Å². The second kappa shape index (κ2) is 3.26. The van der Waals surface area contributed by atoms with Crippen LogP contribution in [-0.4, -0.2) is 17.1 Å². The van der Waals surface area contributed by atoms with E-state index in [4.69, 9.17) is 4.74 Å². The van der Waals surface area contributed by atoms with Crippen LogP contribution in [0.25, 0.3) is 0 Å². The number of ether oxygens (including phenoxy) is 1. The van der Waals surface area contributed by atoms with E-state index < -0.39 is 0 Å². The van der Waals surface area contributed by atoms with Crippen molar-refractivity contribution in [2.45, 2.75) is 38.5 Å². The number of aromatic nitrogens is 2. The summed E-state index contributed by atoms with van der Waals surface area (Å²) >= 11 is 0. The van der Waals surface area contributed by atoms with E-state index >= 15 is 0 Å². The lowest BCUT2D eigenvalue weighted by molar-refractivity contribution is 0.366. The van der Waals surface area contributed by atoms with Crippen molar-refractivity contribution in [1.29, 1.82) is 0 Å². The number of nitrogens with zero attached hydrogens (tertiary/aromatic N) is 1. The first kappa shape index (κ1) is 9.25. The van der Waals surface area contributed by atoms with Crippen LogP contribution in [0.4, 0.5) is 0 Å². The van der Waals surface area contributed by atoms with Crippen LogP contribution in [0.15, 0.2) is 0 Å². The van der Waals surface area contributed by atoms with Gasteiger partial charge < -0.3 is 9.72 Å². The van der Waals surface area contributed by atoms with E-state index in [1.54, 1.807) is 7.11 Å². The summed E-state index contributed by atoms with van der Waals surface area (Å²) in [4.78, 5) is 7.77. The second-order valence-electron chi connectivity index (χ2n) is 5.03. The average molecular weight is 206 g/mol. The maximum atomic E-state index is 5.34. The van der Waals surface area contributed by atoms with Crippen molar-refractivity contribution < 1.29 is 4.74 Å². The van der Waals surface area contributed by atoms with Crippen molar-refractivity contribution in [2.75, 3.05) is 7.11 Å². The monoisotopic (exact) mass is 206 g/mol. The smallest absolute Gasteiger partial charge is 0.235 e. The summed E-state index contributed by atoms with van der Waals surface area (Å²) in [5, 5.41) is 0. The lowest BCUT2D eigenvalue weighted by Gasteiger charge is -2.20. The van der Waals surface area contributed by atoms with Crippen LogP contribution in [0.1, 0.15) is 43.1 Å². The summed E-state index contributed by atoms with van der Waals surface area (Å²) in [6, 6.07) is 0. The third-order valence-corrected chi connectivity index (χ3v) is 4.12. The minimum Gasteiger partial charge on any atom is -0.480 e. The van der Waals surface area contributed by atoms with Crippen molar-refractivity contribution in [3.8, 4) is 5.88 Å². The van der Waals surface area contributed by atoms with Crippen molar-refractivity contribution in [1.82, 2.24) is 9.97 Å². The Bertz CT molecular complexity index is 372. The van der Waals surface area contributed by atoms with E-state index in [0.717, 1.165) is 23.5 Å². The molecular weight excluding hydrogens is 188 g/mol. The minimum atomic E-state index is 0.680. The van der Waals surface area contributed by atoms with Gasteiger partial charge in [-0.05, 0) is 38.0 Å². The highest BCUT2D eigenvalue weighted by molar-refractivity contribution is 5.27. The van der Waals surface area contributed by atoms with Crippen LogP contribution < -0.4 is 4.74 Å². The molecule has 1 aromatic rings. The molecule has 2 fully saturated rings. The Labute approximate surface area is 90.2 Å². The first-order chi connectivity index (χ1) is 7.28. The van der Waals surface area contributed by atoms with Crippen LogP contribution >= 0.6 is 0 Å². The molecule has 82 valence electrons. The molecule has 1 N–H and O–H groups in total. The number of hydrogen-bond acceptors (Lipinski definition) is 2. The quantitative estimate of drug-likeness (QED) is 0.807. The van der Waals surface area contributed by atoms with Crippen molar-refractivity contribution in [2.24, 2.45) is 11.8 Å². The zero-order valence-corrected chi connectivity index (χ0v) is 9.42. The van der Waals surface area contributed by atoms with Crippen LogP contribution in [-0.2, 0) is 0 Å². The predicted molar refractivity (Wildman–Crippen MR) is 58.1 cm³/mol. The van der Waals surface area contributed by atoms with E-state index in [0.29, 0.717) is 5.92 Å². The first-order valence-corrected chi connectivity index (χ1v) is 5.88. The third-order valence-electron chi connectivity index (χ3n) is 4.12. The number of rotatable bonds is 2. The van der Waals surface area contributed by atoms with E-state index in [1.165, 1.54) is 31.4 Å². The van der Waals surface area contributed by atoms with Gasteiger partial charge in [-0.15, -0.1) is 0 Å². The van der Waals surface area contributed by atoms with E-state index in [2.05, 4.69) is 9.97 Å². The minimum absolute atomic E-state index is 0.680. The molecule has 0 radical (unpaired) electrons. The van der Waals surface area contributed by atoms with Crippen LogP contribution in [0.2, 0.25) is 0 Å². The first-order valence-electron chi connectivity index (χ1n) is 5.88. The number of hydrogen-bond donors (Lipinski definition) is 1. The molecule has 15 heavy (non-hydrogen) atoms. The molecule has 3 atom stereocenters. The van der Waals surface area contributed by atoms with Gasteiger partial charge in [0.05, 0.1) is 12.8 Å². The summed E-state index contributed by atoms with van der Waals surface area (Å²) in [6.07, 6.45) is 5.60. The van der Waals surface area contributed by atoms with Gasteiger partial charge in [0, 0.05) is 5.92 Å². The molecule has 3 nitrogen and oxygen atoms in total. The maximum absolute atomic E-state index is 5.34. The molecule has 3 rings (SSSR count). The number of nitrogens with one attached hydrogen (secondary N) is 1. The summed E-state index contributed by atoms with van der Waals surface area (Å²) in [6.45, 7) is 2.00. The molecule has 2 bridgehead atoms. The fraction of sp³-hybridized carbons (Fsp3) is 0.750. The SMILES string of the molecule is COc1nc(C)[nH]c1C1CC2CCC1C2. The topological polar surface area (TPSA) is 37.9 Å². The number of aromatic amines is 1. The van der Waals surface area contributed by atoms with E-state index in [9.17, 15) is 0 Å². The number of aryl methyl sites for hydroxylation is 1. The van der Waals surface area contributed by atoms with Gasteiger partial charge in [-0.25, -0.2) is 0 Å². The van der Waals surface area contributed by atoms with E-state index in [1.807, 2.05) is 6.92 Å². The largest absolute Gasteiger partial charge is 0.480 e. The Kier molecular flexibility index (Phi) is 2.01. The Hall–Kier alpha value is -0.990. The van der Waals surface area contributed by atoms with Gasteiger partial charge in [-0.3, -0.25) is 0 Å². The molecule has 2 aliphatic rings. The molecule has 2 saturated carbocycles. The van der Waals surface area contributed by atoms with Gasteiger partial charge in [0.15, 0.2) is 0 Å². The number of imidazole rings is 1. The summed E-state index contributed by atoms with van der Waals surface area (Å²) in [5.74, 6) is 4.33. The number of fused-ring (bicyclic) bond motifs is 2. The highest BCUT2D eigenvalue weighted by Crippen LogP contribution is 2.53. The van der Waals surface area contributed by atoms with Crippen LogP contribution in [0, 0.1) is 18.8 Å². The Morgan fingerprint density at radius 2 is 2.20 bits per heavy atom. The van der Waals surface area contributed by atoms with Gasteiger partial charge >= 0.3 is 0 Å². The van der Waals surface area contributed by atoms with Crippen molar-refractivity contribution >= 4 is 0 Å². The van der Waals surface area contributed by atoms with Crippen LogP contribution in [0.3, 0.4) is 0 Å². The molecule has 0 saturated heterocycles. The highest BCUT2D eigenvalue weighted by atomic mass is 16.5. The Balaban J connectivity index is 1.92. The second-order valence-corrected chi connectivity index (χ2v) is 5.03. The lowest BCUT2D eigenvalue weighted by atomic mass is 9.86. The lowest BCUT2D eigenvalue weighted by Crippen LogP contribution is -2.10.